The van der Waals surface area contributed by atoms with Gasteiger partial charge >= 0.3 is 0 Å². The molecule has 0 atom stereocenters. The van der Waals surface area contributed by atoms with Crippen molar-refractivity contribution in [3.05, 3.63) is 206 Å². The van der Waals surface area contributed by atoms with Crippen LogP contribution in [0.25, 0.3) is 64.0 Å². The lowest BCUT2D eigenvalue weighted by molar-refractivity contribution is 0.669. The second-order valence-electron chi connectivity index (χ2n) is 14.1. The lowest BCUT2D eigenvalue weighted by Gasteiger charge is -2.28. The van der Waals surface area contributed by atoms with Gasteiger partial charge in [0, 0.05) is 65.1 Å². The molecule has 0 bridgehead atoms. The topological polar surface area (TPSA) is 19.6 Å². The molecule has 0 unspecified atom stereocenters. The monoisotopic (exact) mass is 734 g/mol. The average molecular weight is 735 g/mol. The summed E-state index contributed by atoms with van der Waals surface area (Å²) >= 11 is 1.85. The molecule has 264 valence electrons. The number of nitrogens with zero attached hydrogens (tertiary/aromatic N) is 2. The van der Waals surface area contributed by atoms with Crippen LogP contribution in [0, 0.1) is 0 Å². The highest BCUT2D eigenvalue weighted by atomic mass is 32.1. The molecule has 0 amide bonds. The number of para-hydroxylation sites is 3. The Hall–Kier alpha value is -7.14. The van der Waals surface area contributed by atoms with Crippen molar-refractivity contribution in [2.45, 2.75) is 0 Å². The van der Waals surface area contributed by atoms with Crippen molar-refractivity contribution in [2.75, 3.05) is 9.80 Å². The number of fused-ring (bicyclic) bond motifs is 7. The van der Waals surface area contributed by atoms with Gasteiger partial charge < -0.3 is 14.2 Å². The minimum absolute atomic E-state index is 0.876. The highest BCUT2D eigenvalue weighted by Crippen LogP contribution is 2.48. The Balaban J connectivity index is 1.03. The molecule has 2 heterocycles. The fourth-order valence-corrected chi connectivity index (χ4v) is 9.45. The van der Waals surface area contributed by atoms with E-state index in [0.29, 0.717) is 0 Å². The van der Waals surface area contributed by atoms with Crippen molar-refractivity contribution >= 4 is 98.3 Å². The van der Waals surface area contributed by atoms with Gasteiger partial charge in [0.25, 0.3) is 0 Å². The Morgan fingerprint density at radius 2 is 0.929 bits per heavy atom. The molecule has 0 saturated carbocycles. The molecule has 0 N–H and O–H groups in total. The first-order chi connectivity index (χ1) is 27.8. The Bertz CT molecular complexity index is 3200. The van der Waals surface area contributed by atoms with Gasteiger partial charge in [-0.1, -0.05) is 121 Å². The van der Waals surface area contributed by atoms with Gasteiger partial charge in [-0.15, -0.1) is 11.3 Å². The van der Waals surface area contributed by atoms with Crippen molar-refractivity contribution in [1.82, 2.24) is 0 Å². The van der Waals surface area contributed by atoms with Crippen molar-refractivity contribution in [3.63, 3.8) is 0 Å². The smallest absolute Gasteiger partial charge is 0.137 e. The van der Waals surface area contributed by atoms with E-state index in [0.717, 1.165) is 55.9 Å². The quantitative estimate of drug-likeness (QED) is 0.163. The van der Waals surface area contributed by atoms with Crippen LogP contribution in [-0.2, 0) is 0 Å². The summed E-state index contributed by atoms with van der Waals surface area (Å²) in [4.78, 5) is 4.73. The number of thiophene rings is 1. The number of benzene rings is 9. The van der Waals surface area contributed by atoms with Gasteiger partial charge in [0.1, 0.15) is 11.2 Å². The summed E-state index contributed by atoms with van der Waals surface area (Å²) in [5, 5.41) is 7.21. The van der Waals surface area contributed by atoms with Gasteiger partial charge in [0.2, 0.25) is 0 Å². The normalized spacial score (nSPS) is 11.6. The zero-order chi connectivity index (χ0) is 37.0. The summed E-state index contributed by atoms with van der Waals surface area (Å²) in [7, 11) is 0. The first-order valence-electron chi connectivity index (χ1n) is 18.9. The predicted octanol–water partition coefficient (Wildman–Crippen LogP) is 15.7. The molecule has 0 aliphatic carbocycles. The fourth-order valence-electron chi connectivity index (χ4n) is 8.33. The maximum Gasteiger partial charge on any atom is 0.137 e. The first-order valence-corrected chi connectivity index (χ1v) is 19.7. The minimum atomic E-state index is 0.876. The second-order valence-corrected chi connectivity index (χ2v) is 15.2. The van der Waals surface area contributed by atoms with Gasteiger partial charge in [-0.05, 0) is 95.4 Å². The van der Waals surface area contributed by atoms with E-state index in [2.05, 4.69) is 204 Å². The minimum Gasteiger partial charge on any atom is -0.456 e. The van der Waals surface area contributed by atoms with Crippen LogP contribution in [0.3, 0.4) is 0 Å². The van der Waals surface area contributed by atoms with Crippen LogP contribution in [0.5, 0.6) is 0 Å². The van der Waals surface area contributed by atoms with Gasteiger partial charge in [-0.2, -0.15) is 0 Å². The third-order valence-corrected chi connectivity index (χ3v) is 12.0. The molecule has 0 fully saturated rings. The van der Waals surface area contributed by atoms with Crippen molar-refractivity contribution < 1.29 is 4.42 Å². The zero-order valence-electron chi connectivity index (χ0n) is 30.3. The van der Waals surface area contributed by atoms with Crippen molar-refractivity contribution in [2.24, 2.45) is 0 Å². The van der Waals surface area contributed by atoms with Crippen LogP contribution in [0.2, 0.25) is 0 Å². The van der Waals surface area contributed by atoms with Crippen molar-refractivity contribution in [3.8, 4) is 11.1 Å². The van der Waals surface area contributed by atoms with Gasteiger partial charge in [0.05, 0.1) is 11.4 Å². The van der Waals surface area contributed by atoms with Gasteiger partial charge in [0.15, 0.2) is 0 Å². The number of furan rings is 1. The number of anilines is 6. The third-order valence-electron chi connectivity index (χ3n) is 10.8. The number of rotatable bonds is 7. The van der Waals surface area contributed by atoms with E-state index >= 15 is 0 Å². The number of hydrogen-bond donors (Lipinski definition) is 0. The van der Waals surface area contributed by atoms with Crippen LogP contribution < -0.4 is 9.80 Å². The van der Waals surface area contributed by atoms with E-state index in [4.69, 9.17) is 4.42 Å². The van der Waals surface area contributed by atoms with E-state index in [1.807, 2.05) is 23.5 Å². The molecule has 0 radical (unpaired) electrons. The average Bonchev–Trinajstić information content (AvgIpc) is 3.84. The largest absolute Gasteiger partial charge is 0.456 e. The molecule has 11 rings (SSSR count). The van der Waals surface area contributed by atoms with Crippen LogP contribution in [-0.4, -0.2) is 0 Å². The molecule has 11 aromatic rings. The molecule has 4 heteroatoms. The Kier molecular flexibility index (Phi) is 7.68. The first kappa shape index (κ1) is 32.3. The fraction of sp³-hybridized carbons (Fsp3) is 0. The standard InChI is InChI=1S/C52H34N2OS/c1-3-14-36(15-4-1)53(39-30-31-44-43-20-9-11-23-48(43)55-49(44)34-39)38-28-26-35(27-29-38)40-32-33-46(42-19-8-7-18-41(40)42)54(37-16-5-2-6-17-37)47-22-13-25-51-52(47)45-21-10-12-24-50(45)56-51/h1-34H. The van der Waals surface area contributed by atoms with Crippen LogP contribution in [0.1, 0.15) is 0 Å². The maximum atomic E-state index is 6.32. The number of hydrogen-bond acceptors (Lipinski definition) is 4. The second kappa shape index (κ2) is 13.3. The summed E-state index contributed by atoms with van der Waals surface area (Å²) in [6.07, 6.45) is 0. The van der Waals surface area contributed by atoms with Crippen LogP contribution in [0.15, 0.2) is 211 Å². The summed E-state index contributed by atoms with van der Waals surface area (Å²) in [6, 6.07) is 73.9. The predicted molar refractivity (Wildman–Crippen MR) is 239 cm³/mol. The SMILES string of the molecule is c1ccc(N(c2ccc(-c3ccc(N(c4ccccc4)c4cccc5sc6ccccc6c45)c4ccccc34)cc2)c2ccc3c(c2)oc2ccccc23)cc1. The van der Waals surface area contributed by atoms with Crippen molar-refractivity contribution in [1.29, 1.82) is 0 Å². The maximum absolute atomic E-state index is 6.32. The third kappa shape index (κ3) is 5.34. The molecule has 0 aliphatic rings. The molecule has 0 spiro atoms. The van der Waals surface area contributed by atoms with Crippen LogP contribution >= 0.6 is 11.3 Å². The summed E-state index contributed by atoms with van der Waals surface area (Å²) in [5.41, 5.74) is 10.8. The molecular weight excluding hydrogens is 701 g/mol. The van der Waals surface area contributed by atoms with E-state index in [1.165, 1.54) is 42.2 Å². The van der Waals surface area contributed by atoms with Crippen LogP contribution in [0.4, 0.5) is 34.1 Å². The molecule has 2 aromatic heterocycles. The molecule has 56 heavy (non-hydrogen) atoms. The summed E-state index contributed by atoms with van der Waals surface area (Å²) in [5.74, 6) is 0. The molecular formula is C52H34N2OS. The highest BCUT2D eigenvalue weighted by Gasteiger charge is 2.21. The van der Waals surface area contributed by atoms with Gasteiger partial charge in [-0.3, -0.25) is 0 Å². The van der Waals surface area contributed by atoms with E-state index < -0.39 is 0 Å². The molecule has 9 aromatic carbocycles. The summed E-state index contributed by atoms with van der Waals surface area (Å²) < 4.78 is 8.91. The Morgan fingerprint density at radius 3 is 1.71 bits per heavy atom. The van der Waals surface area contributed by atoms with E-state index in [9.17, 15) is 0 Å². The lowest BCUT2D eigenvalue weighted by Crippen LogP contribution is -2.11. The van der Waals surface area contributed by atoms with E-state index in [1.54, 1.807) is 0 Å². The Morgan fingerprint density at radius 1 is 0.339 bits per heavy atom. The summed E-state index contributed by atoms with van der Waals surface area (Å²) in [6.45, 7) is 0. The Labute approximate surface area is 328 Å². The lowest BCUT2D eigenvalue weighted by atomic mass is 9.95. The zero-order valence-corrected chi connectivity index (χ0v) is 31.2. The molecule has 0 aliphatic heterocycles. The molecule has 0 saturated heterocycles. The van der Waals surface area contributed by atoms with Gasteiger partial charge in [-0.25, -0.2) is 0 Å². The highest BCUT2D eigenvalue weighted by molar-refractivity contribution is 7.26. The van der Waals surface area contributed by atoms with E-state index in [-0.39, 0.29) is 0 Å². The molecule has 3 nitrogen and oxygen atoms in total.